The van der Waals surface area contributed by atoms with Gasteiger partial charge >= 0.3 is 5.97 Å². The van der Waals surface area contributed by atoms with E-state index in [1.807, 2.05) is 10.9 Å². The van der Waals surface area contributed by atoms with Gasteiger partial charge in [-0.3, -0.25) is 4.79 Å². The molecule has 1 aliphatic carbocycles. The van der Waals surface area contributed by atoms with Gasteiger partial charge in [0.2, 0.25) is 0 Å². The normalized spacial score (nSPS) is 21.3. The van der Waals surface area contributed by atoms with E-state index in [1.165, 1.54) is 0 Å². The van der Waals surface area contributed by atoms with E-state index >= 15 is 0 Å². The lowest BCUT2D eigenvalue weighted by Crippen LogP contribution is -2.23. The first-order chi connectivity index (χ1) is 11.2. The van der Waals surface area contributed by atoms with Crippen molar-refractivity contribution in [3.05, 3.63) is 24.4 Å². The molecule has 1 saturated carbocycles. The van der Waals surface area contributed by atoms with Gasteiger partial charge in [0.1, 0.15) is 12.3 Å². The van der Waals surface area contributed by atoms with Crippen molar-refractivity contribution in [2.45, 2.75) is 38.3 Å². The van der Waals surface area contributed by atoms with Crippen LogP contribution in [0.1, 0.15) is 37.5 Å². The minimum atomic E-state index is -0.698. The Balaban J connectivity index is 1.67. The van der Waals surface area contributed by atoms with Crippen LogP contribution in [0, 0.1) is 5.92 Å². The number of carbonyl (C=O) groups is 1. The molecule has 0 amide bonds. The molecule has 2 aromatic heterocycles. The lowest BCUT2D eigenvalue weighted by molar-refractivity contribution is -0.143. The summed E-state index contributed by atoms with van der Waals surface area (Å²) in [6, 6.07) is 0.209. The first-order valence-corrected chi connectivity index (χ1v) is 7.62. The van der Waals surface area contributed by atoms with E-state index in [2.05, 4.69) is 20.3 Å². The Hall–Kier alpha value is -2.35. The monoisotopic (exact) mass is 317 g/mol. The Morgan fingerprint density at radius 2 is 2.00 bits per heavy atom. The van der Waals surface area contributed by atoms with Gasteiger partial charge < -0.3 is 9.84 Å². The Morgan fingerprint density at radius 3 is 2.61 bits per heavy atom. The third-order valence-corrected chi connectivity index (χ3v) is 4.20. The maximum absolute atomic E-state index is 11.0. The summed E-state index contributed by atoms with van der Waals surface area (Å²) in [4.78, 5) is 19.4. The van der Waals surface area contributed by atoms with E-state index in [1.54, 1.807) is 19.5 Å². The Morgan fingerprint density at radius 1 is 1.30 bits per heavy atom. The SMILES string of the molecule is COCc1ncc(-c2cn(C3CCC(C(=O)O)CC3)nn2)cn1. The smallest absolute Gasteiger partial charge is 0.306 e. The molecular weight excluding hydrogens is 298 g/mol. The molecular formula is C15H19N5O3. The maximum atomic E-state index is 11.0. The molecule has 0 aliphatic heterocycles. The van der Waals surface area contributed by atoms with Crippen LogP contribution in [0.2, 0.25) is 0 Å². The summed E-state index contributed by atoms with van der Waals surface area (Å²) in [5.74, 6) is -0.303. The van der Waals surface area contributed by atoms with Crippen LogP contribution in [-0.2, 0) is 16.1 Å². The van der Waals surface area contributed by atoms with Gasteiger partial charge in [0, 0.05) is 25.1 Å². The van der Waals surface area contributed by atoms with Crippen molar-refractivity contribution >= 4 is 5.97 Å². The molecule has 0 saturated heterocycles. The molecule has 0 atom stereocenters. The van der Waals surface area contributed by atoms with Crippen LogP contribution in [-0.4, -0.2) is 43.1 Å². The minimum absolute atomic E-state index is 0.209. The highest BCUT2D eigenvalue weighted by atomic mass is 16.5. The van der Waals surface area contributed by atoms with Crippen LogP contribution in [0.5, 0.6) is 0 Å². The Kier molecular flexibility index (Phi) is 4.61. The molecule has 0 spiro atoms. The molecule has 8 heteroatoms. The van der Waals surface area contributed by atoms with Crippen LogP contribution in [0.15, 0.2) is 18.6 Å². The van der Waals surface area contributed by atoms with Crippen molar-refractivity contribution in [3.63, 3.8) is 0 Å². The number of nitrogens with zero attached hydrogens (tertiary/aromatic N) is 5. The molecule has 0 aromatic carbocycles. The standard InChI is InChI=1S/C15H19N5O3/c1-23-9-14-16-6-11(7-17-14)13-8-20(19-18-13)12-4-2-10(3-5-12)15(21)22/h6-8,10,12H,2-5,9H2,1H3,(H,21,22). The van der Waals surface area contributed by atoms with Gasteiger partial charge in [0.25, 0.3) is 0 Å². The fourth-order valence-corrected chi connectivity index (χ4v) is 2.87. The third kappa shape index (κ3) is 3.53. The van der Waals surface area contributed by atoms with Crippen LogP contribution in [0.25, 0.3) is 11.3 Å². The van der Waals surface area contributed by atoms with E-state index in [9.17, 15) is 4.79 Å². The maximum Gasteiger partial charge on any atom is 0.306 e. The third-order valence-electron chi connectivity index (χ3n) is 4.20. The molecule has 1 fully saturated rings. The van der Waals surface area contributed by atoms with E-state index in [-0.39, 0.29) is 12.0 Å². The molecule has 0 radical (unpaired) electrons. The molecule has 2 aromatic rings. The number of hydrogen-bond donors (Lipinski definition) is 1. The van der Waals surface area contributed by atoms with Crippen molar-refractivity contribution < 1.29 is 14.6 Å². The summed E-state index contributed by atoms with van der Waals surface area (Å²) >= 11 is 0. The molecule has 1 N–H and O–H groups in total. The zero-order valence-electron chi connectivity index (χ0n) is 12.9. The second-order valence-corrected chi connectivity index (χ2v) is 5.75. The molecule has 0 unspecified atom stereocenters. The number of aromatic nitrogens is 5. The number of aliphatic carboxylic acids is 1. The summed E-state index contributed by atoms with van der Waals surface area (Å²) < 4.78 is 6.81. The number of carboxylic acid groups (broad SMARTS) is 1. The average Bonchev–Trinajstić information content (AvgIpc) is 3.06. The Labute approximate surface area is 133 Å². The van der Waals surface area contributed by atoms with Gasteiger partial charge in [0.15, 0.2) is 5.82 Å². The molecule has 1 aliphatic rings. The zero-order chi connectivity index (χ0) is 16.2. The van der Waals surface area contributed by atoms with Gasteiger partial charge in [-0.05, 0) is 25.7 Å². The number of hydrogen-bond acceptors (Lipinski definition) is 6. The topological polar surface area (TPSA) is 103 Å². The van der Waals surface area contributed by atoms with Crippen LogP contribution >= 0.6 is 0 Å². The summed E-state index contributed by atoms with van der Waals surface area (Å²) in [6.45, 7) is 0.375. The summed E-state index contributed by atoms with van der Waals surface area (Å²) in [5, 5.41) is 17.4. The van der Waals surface area contributed by atoms with Gasteiger partial charge in [0.05, 0.1) is 18.2 Å². The highest BCUT2D eigenvalue weighted by molar-refractivity contribution is 5.70. The second kappa shape index (κ2) is 6.82. The fraction of sp³-hybridized carbons (Fsp3) is 0.533. The predicted molar refractivity (Wildman–Crippen MR) is 80.4 cm³/mol. The van der Waals surface area contributed by atoms with E-state index in [4.69, 9.17) is 9.84 Å². The number of methoxy groups -OCH3 is 1. The lowest BCUT2D eigenvalue weighted by Gasteiger charge is -2.25. The fourth-order valence-electron chi connectivity index (χ4n) is 2.87. The van der Waals surface area contributed by atoms with Crippen molar-refractivity contribution in [2.24, 2.45) is 5.92 Å². The first-order valence-electron chi connectivity index (χ1n) is 7.62. The second-order valence-electron chi connectivity index (χ2n) is 5.75. The van der Waals surface area contributed by atoms with Crippen LogP contribution < -0.4 is 0 Å². The molecule has 2 heterocycles. The molecule has 122 valence electrons. The van der Waals surface area contributed by atoms with Crippen molar-refractivity contribution in [2.75, 3.05) is 7.11 Å². The van der Waals surface area contributed by atoms with Gasteiger partial charge in [-0.2, -0.15) is 0 Å². The summed E-state index contributed by atoms with van der Waals surface area (Å²) in [6.07, 6.45) is 8.27. The minimum Gasteiger partial charge on any atom is -0.481 e. The van der Waals surface area contributed by atoms with Gasteiger partial charge in [-0.25, -0.2) is 14.6 Å². The molecule has 3 rings (SSSR count). The summed E-state index contributed by atoms with van der Waals surface area (Å²) in [5.41, 5.74) is 1.52. The van der Waals surface area contributed by atoms with E-state index in [0.29, 0.717) is 31.0 Å². The number of carboxylic acids is 1. The zero-order valence-corrected chi connectivity index (χ0v) is 12.9. The highest BCUT2D eigenvalue weighted by Crippen LogP contribution is 2.32. The van der Waals surface area contributed by atoms with Gasteiger partial charge in [-0.15, -0.1) is 5.10 Å². The quantitative estimate of drug-likeness (QED) is 0.895. The van der Waals surface area contributed by atoms with Gasteiger partial charge in [-0.1, -0.05) is 5.21 Å². The van der Waals surface area contributed by atoms with Crippen LogP contribution in [0.4, 0.5) is 0 Å². The molecule has 23 heavy (non-hydrogen) atoms. The highest BCUT2D eigenvalue weighted by Gasteiger charge is 2.27. The average molecular weight is 317 g/mol. The van der Waals surface area contributed by atoms with E-state index < -0.39 is 5.97 Å². The van der Waals surface area contributed by atoms with Crippen molar-refractivity contribution in [1.82, 2.24) is 25.0 Å². The lowest BCUT2D eigenvalue weighted by atomic mass is 9.86. The Bertz CT molecular complexity index is 662. The predicted octanol–water partition coefficient (Wildman–Crippen LogP) is 1.70. The molecule has 8 nitrogen and oxygen atoms in total. The first kappa shape index (κ1) is 15.5. The molecule has 0 bridgehead atoms. The summed E-state index contributed by atoms with van der Waals surface area (Å²) in [7, 11) is 1.60. The number of ether oxygens (including phenoxy) is 1. The number of rotatable bonds is 5. The van der Waals surface area contributed by atoms with Crippen molar-refractivity contribution in [3.8, 4) is 11.3 Å². The largest absolute Gasteiger partial charge is 0.481 e. The van der Waals surface area contributed by atoms with E-state index in [0.717, 1.165) is 18.4 Å². The van der Waals surface area contributed by atoms with Crippen molar-refractivity contribution in [1.29, 1.82) is 0 Å². The van der Waals surface area contributed by atoms with Crippen LogP contribution in [0.3, 0.4) is 0 Å².